The van der Waals surface area contributed by atoms with E-state index in [4.69, 9.17) is 12.2 Å². The Labute approximate surface area is 192 Å². The van der Waals surface area contributed by atoms with Gasteiger partial charge in [0.1, 0.15) is 5.82 Å². The number of halogens is 2. The van der Waals surface area contributed by atoms with Crippen LogP contribution in [0.2, 0.25) is 0 Å². The van der Waals surface area contributed by atoms with Crippen LogP contribution in [0.25, 0.3) is 0 Å². The smallest absolute Gasteiger partial charge is 0.234 e. The van der Waals surface area contributed by atoms with Gasteiger partial charge in [-0.05, 0) is 67.7 Å². The van der Waals surface area contributed by atoms with E-state index < -0.39 is 5.82 Å². The number of carbonyl (C=O) groups is 1. The third-order valence-corrected chi connectivity index (χ3v) is 5.67. The molecule has 0 unspecified atom stereocenters. The number of nitrogens with one attached hydrogen (secondary N) is 3. The minimum absolute atomic E-state index is 0.158. The van der Waals surface area contributed by atoms with Crippen LogP contribution in [0.3, 0.4) is 0 Å². The summed E-state index contributed by atoms with van der Waals surface area (Å²) in [6.07, 6.45) is 0. The number of thioether (sulfide) groups is 1. The van der Waals surface area contributed by atoms with Gasteiger partial charge in [0.25, 0.3) is 0 Å². The second-order valence-electron chi connectivity index (χ2n) is 6.43. The van der Waals surface area contributed by atoms with Gasteiger partial charge in [-0.2, -0.15) is 0 Å². The Hall–Kier alpha value is -2.42. The fraction of sp³-hybridized carbons (Fsp3) is 0.0909. The molecular formula is C22H19BrFN3OS2. The van der Waals surface area contributed by atoms with Gasteiger partial charge in [-0.3, -0.25) is 4.79 Å². The molecule has 0 heterocycles. The van der Waals surface area contributed by atoms with Crippen LogP contribution in [0.1, 0.15) is 5.56 Å². The molecule has 8 heteroatoms. The Morgan fingerprint density at radius 2 is 1.73 bits per heavy atom. The highest BCUT2D eigenvalue weighted by Crippen LogP contribution is 2.23. The predicted octanol–water partition coefficient (Wildman–Crippen LogP) is 6.44. The summed E-state index contributed by atoms with van der Waals surface area (Å²) in [6.45, 7) is 2.03. The van der Waals surface area contributed by atoms with Crippen molar-refractivity contribution in [1.82, 2.24) is 0 Å². The lowest BCUT2D eigenvalue weighted by atomic mass is 10.2. The lowest BCUT2D eigenvalue weighted by Gasteiger charge is -2.12. The lowest BCUT2D eigenvalue weighted by Crippen LogP contribution is -2.19. The zero-order chi connectivity index (χ0) is 21.5. The Morgan fingerprint density at radius 3 is 2.47 bits per heavy atom. The van der Waals surface area contributed by atoms with Crippen molar-refractivity contribution in [3.05, 3.63) is 82.6 Å². The second kappa shape index (κ2) is 10.6. The van der Waals surface area contributed by atoms with E-state index in [-0.39, 0.29) is 17.3 Å². The van der Waals surface area contributed by atoms with Crippen LogP contribution >= 0.6 is 39.9 Å². The monoisotopic (exact) mass is 503 g/mol. The normalized spacial score (nSPS) is 10.4. The SMILES string of the molecule is Cc1ccc(NC(=S)Nc2cccc(SCC(=O)Nc3ccc(Br)cc3F)c2)cc1. The van der Waals surface area contributed by atoms with Crippen LogP contribution in [0.15, 0.2) is 76.1 Å². The maximum absolute atomic E-state index is 13.8. The number of amides is 1. The lowest BCUT2D eigenvalue weighted by molar-refractivity contribution is -0.113. The molecule has 0 atom stereocenters. The van der Waals surface area contributed by atoms with Crippen molar-refractivity contribution in [1.29, 1.82) is 0 Å². The molecule has 0 saturated heterocycles. The number of hydrogen-bond donors (Lipinski definition) is 3. The van der Waals surface area contributed by atoms with Crippen LogP contribution in [-0.2, 0) is 4.79 Å². The van der Waals surface area contributed by atoms with Crippen LogP contribution in [-0.4, -0.2) is 16.8 Å². The third-order valence-electron chi connectivity index (χ3n) is 3.98. The average molecular weight is 504 g/mol. The Kier molecular flexibility index (Phi) is 7.84. The third kappa shape index (κ3) is 6.83. The number of anilines is 3. The summed E-state index contributed by atoms with van der Waals surface area (Å²) in [7, 11) is 0. The summed E-state index contributed by atoms with van der Waals surface area (Å²) in [5, 5.41) is 9.33. The number of thiocarbonyl (C=S) groups is 1. The number of rotatable bonds is 6. The van der Waals surface area contributed by atoms with Crippen molar-refractivity contribution < 1.29 is 9.18 Å². The van der Waals surface area contributed by atoms with Gasteiger partial charge in [0.2, 0.25) is 5.91 Å². The largest absolute Gasteiger partial charge is 0.332 e. The van der Waals surface area contributed by atoms with E-state index >= 15 is 0 Å². The molecule has 1 amide bonds. The van der Waals surface area contributed by atoms with E-state index in [2.05, 4.69) is 31.9 Å². The maximum Gasteiger partial charge on any atom is 0.234 e. The number of hydrogen-bond acceptors (Lipinski definition) is 3. The fourth-order valence-electron chi connectivity index (χ4n) is 2.52. The summed E-state index contributed by atoms with van der Waals surface area (Å²) in [5.41, 5.74) is 3.05. The standard InChI is InChI=1S/C22H19BrFN3OS2/c1-14-5-8-16(9-6-14)25-22(29)26-17-3-2-4-18(12-17)30-13-21(28)27-20-10-7-15(23)11-19(20)24/h2-12H,13H2,1H3,(H,27,28)(H2,25,26,29). The van der Waals surface area contributed by atoms with Crippen molar-refractivity contribution in [2.75, 3.05) is 21.7 Å². The Morgan fingerprint density at radius 1 is 1.00 bits per heavy atom. The molecule has 3 aromatic rings. The first-order valence-electron chi connectivity index (χ1n) is 9.01. The van der Waals surface area contributed by atoms with Crippen LogP contribution in [0.4, 0.5) is 21.5 Å². The number of aryl methyl sites for hydroxylation is 1. The molecule has 0 fully saturated rings. The highest BCUT2D eigenvalue weighted by Gasteiger charge is 2.09. The Balaban J connectivity index is 1.52. The van der Waals surface area contributed by atoms with Gasteiger partial charge < -0.3 is 16.0 Å². The van der Waals surface area contributed by atoms with Gasteiger partial charge in [-0.25, -0.2) is 4.39 Å². The minimum Gasteiger partial charge on any atom is -0.332 e. The van der Waals surface area contributed by atoms with Crippen molar-refractivity contribution >= 4 is 68.0 Å². The zero-order valence-electron chi connectivity index (χ0n) is 16.0. The van der Waals surface area contributed by atoms with Crippen molar-refractivity contribution in [3.63, 3.8) is 0 Å². The molecule has 4 nitrogen and oxygen atoms in total. The first-order chi connectivity index (χ1) is 14.4. The fourth-order valence-corrected chi connectivity index (χ4v) is 3.84. The summed E-state index contributed by atoms with van der Waals surface area (Å²) in [6, 6.07) is 20.0. The molecule has 0 bridgehead atoms. The minimum atomic E-state index is -0.483. The molecule has 0 aromatic heterocycles. The van der Waals surface area contributed by atoms with E-state index in [1.165, 1.54) is 29.5 Å². The van der Waals surface area contributed by atoms with E-state index in [0.29, 0.717) is 9.59 Å². The molecule has 0 aliphatic carbocycles. The van der Waals surface area contributed by atoms with Crippen LogP contribution < -0.4 is 16.0 Å². The molecular weight excluding hydrogens is 485 g/mol. The summed E-state index contributed by atoms with van der Waals surface area (Å²) in [5.74, 6) is -0.606. The molecule has 30 heavy (non-hydrogen) atoms. The summed E-state index contributed by atoms with van der Waals surface area (Å²) >= 11 is 9.91. The van der Waals surface area contributed by atoms with Crippen LogP contribution in [0, 0.1) is 12.7 Å². The van der Waals surface area contributed by atoms with Crippen molar-refractivity contribution in [2.24, 2.45) is 0 Å². The molecule has 0 radical (unpaired) electrons. The molecule has 3 rings (SSSR count). The van der Waals surface area contributed by atoms with Crippen LogP contribution in [0.5, 0.6) is 0 Å². The van der Waals surface area contributed by atoms with Crippen molar-refractivity contribution in [2.45, 2.75) is 11.8 Å². The highest BCUT2D eigenvalue weighted by atomic mass is 79.9. The van der Waals surface area contributed by atoms with Gasteiger partial charge in [0.15, 0.2) is 5.11 Å². The Bertz CT molecular complexity index is 1060. The summed E-state index contributed by atoms with van der Waals surface area (Å²) < 4.78 is 14.5. The van der Waals surface area contributed by atoms with Gasteiger partial charge in [0.05, 0.1) is 11.4 Å². The molecule has 0 aliphatic heterocycles. The molecule has 154 valence electrons. The molecule has 0 spiro atoms. The topological polar surface area (TPSA) is 53.2 Å². The van der Waals surface area contributed by atoms with Gasteiger partial charge in [0, 0.05) is 20.7 Å². The van der Waals surface area contributed by atoms with Gasteiger partial charge >= 0.3 is 0 Å². The van der Waals surface area contributed by atoms with E-state index in [0.717, 1.165) is 16.3 Å². The second-order valence-corrected chi connectivity index (χ2v) is 8.81. The summed E-state index contributed by atoms with van der Waals surface area (Å²) in [4.78, 5) is 13.0. The molecule has 0 aliphatic rings. The van der Waals surface area contributed by atoms with Crippen molar-refractivity contribution in [3.8, 4) is 0 Å². The first-order valence-corrected chi connectivity index (χ1v) is 11.2. The molecule has 3 N–H and O–H groups in total. The number of carbonyl (C=O) groups excluding carboxylic acids is 1. The van der Waals surface area contributed by atoms with E-state index in [9.17, 15) is 9.18 Å². The average Bonchev–Trinajstić information content (AvgIpc) is 2.70. The van der Waals surface area contributed by atoms with Gasteiger partial charge in [-0.1, -0.05) is 39.7 Å². The molecule has 0 saturated carbocycles. The van der Waals surface area contributed by atoms with E-state index in [1.807, 2.05) is 55.5 Å². The first kappa shape index (κ1) is 22.3. The maximum atomic E-state index is 13.8. The highest BCUT2D eigenvalue weighted by molar-refractivity contribution is 9.10. The van der Waals surface area contributed by atoms with E-state index in [1.54, 1.807) is 6.07 Å². The number of benzene rings is 3. The quantitative estimate of drug-likeness (QED) is 0.267. The molecule has 3 aromatic carbocycles. The van der Waals surface area contributed by atoms with Gasteiger partial charge in [-0.15, -0.1) is 11.8 Å². The predicted molar refractivity (Wildman–Crippen MR) is 131 cm³/mol. The zero-order valence-corrected chi connectivity index (χ0v) is 19.3.